The highest BCUT2D eigenvalue weighted by atomic mass is 16.7. The van der Waals surface area contributed by atoms with Gasteiger partial charge in [-0.15, -0.1) is 0 Å². The maximum atomic E-state index is 5.42. The molecule has 0 spiro atoms. The minimum Gasteiger partial charge on any atom is -0.337 e. The SMILES string of the molecule is COC1(OC)NCC=C2C=CCC=C21. The van der Waals surface area contributed by atoms with Crippen molar-refractivity contribution in [2.75, 3.05) is 20.8 Å². The first-order chi connectivity index (χ1) is 6.82. The van der Waals surface area contributed by atoms with Gasteiger partial charge >= 0.3 is 0 Å². The van der Waals surface area contributed by atoms with Crippen LogP contribution >= 0.6 is 0 Å². The minimum absolute atomic E-state index is 0.755. The summed E-state index contributed by atoms with van der Waals surface area (Å²) in [4.78, 5) is 0. The third kappa shape index (κ3) is 1.34. The van der Waals surface area contributed by atoms with Crippen molar-refractivity contribution in [3.05, 3.63) is 35.5 Å². The Bertz CT molecular complexity index is 311. The molecule has 0 aromatic carbocycles. The highest BCUT2D eigenvalue weighted by Gasteiger charge is 2.37. The van der Waals surface area contributed by atoms with E-state index in [1.165, 1.54) is 5.57 Å². The molecule has 0 bridgehead atoms. The topological polar surface area (TPSA) is 30.5 Å². The van der Waals surface area contributed by atoms with Gasteiger partial charge in [-0.2, -0.15) is 0 Å². The van der Waals surface area contributed by atoms with Crippen molar-refractivity contribution >= 4 is 0 Å². The number of ether oxygens (including phenoxy) is 2. The fourth-order valence-corrected chi connectivity index (χ4v) is 1.93. The van der Waals surface area contributed by atoms with Crippen LogP contribution in [0.1, 0.15) is 6.42 Å². The third-order valence-corrected chi connectivity index (χ3v) is 2.65. The Balaban J connectivity index is 2.39. The summed E-state index contributed by atoms with van der Waals surface area (Å²) < 4.78 is 10.8. The van der Waals surface area contributed by atoms with E-state index in [1.54, 1.807) is 14.2 Å². The van der Waals surface area contributed by atoms with Crippen LogP contribution in [0.3, 0.4) is 0 Å². The second kappa shape index (κ2) is 3.69. The predicted molar refractivity (Wildman–Crippen MR) is 54.7 cm³/mol. The largest absolute Gasteiger partial charge is 0.337 e. The van der Waals surface area contributed by atoms with E-state index in [9.17, 15) is 0 Å². The molecule has 2 aliphatic rings. The van der Waals surface area contributed by atoms with Crippen LogP contribution in [0.15, 0.2) is 35.5 Å². The zero-order valence-electron chi connectivity index (χ0n) is 8.54. The second-order valence-electron chi connectivity index (χ2n) is 3.32. The summed E-state index contributed by atoms with van der Waals surface area (Å²) in [6.07, 6.45) is 9.45. The van der Waals surface area contributed by atoms with E-state index in [4.69, 9.17) is 9.47 Å². The molecule has 1 aliphatic carbocycles. The van der Waals surface area contributed by atoms with Crippen LogP contribution in [-0.2, 0) is 9.47 Å². The summed E-state index contributed by atoms with van der Waals surface area (Å²) in [7, 11) is 3.30. The van der Waals surface area contributed by atoms with Crippen molar-refractivity contribution < 1.29 is 9.47 Å². The van der Waals surface area contributed by atoms with Crippen molar-refractivity contribution in [1.29, 1.82) is 0 Å². The van der Waals surface area contributed by atoms with Gasteiger partial charge in [-0.3, -0.25) is 5.32 Å². The van der Waals surface area contributed by atoms with Crippen LogP contribution in [0.25, 0.3) is 0 Å². The Kier molecular flexibility index (Phi) is 2.54. The fraction of sp³-hybridized carbons (Fsp3) is 0.455. The molecule has 3 nitrogen and oxygen atoms in total. The normalized spacial score (nSPS) is 23.9. The Morgan fingerprint density at radius 1 is 1.29 bits per heavy atom. The standard InChI is InChI=1S/C11H15NO2/c1-13-11(14-2)10-6-4-3-5-9(10)7-8-12-11/h3,5-7,12H,4,8H2,1-2H3. The smallest absolute Gasteiger partial charge is 0.255 e. The lowest BCUT2D eigenvalue weighted by molar-refractivity contribution is -0.198. The van der Waals surface area contributed by atoms with Crippen LogP contribution in [0, 0.1) is 0 Å². The van der Waals surface area contributed by atoms with E-state index in [0.717, 1.165) is 18.5 Å². The van der Waals surface area contributed by atoms with Crippen molar-refractivity contribution in [3.8, 4) is 0 Å². The summed E-state index contributed by atoms with van der Waals surface area (Å²) in [6, 6.07) is 0. The molecule has 0 unspecified atom stereocenters. The molecule has 1 aliphatic heterocycles. The average molecular weight is 193 g/mol. The van der Waals surface area contributed by atoms with Crippen LogP contribution in [-0.4, -0.2) is 26.7 Å². The molecule has 0 saturated heterocycles. The summed E-state index contributed by atoms with van der Waals surface area (Å²) in [6.45, 7) is 0.763. The first-order valence-electron chi connectivity index (χ1n) is 4.75. The predicted octanol–water partition coefficient (Wildman–Crippen LogP) is 1.35. The molecule has 14 heavy (non-hydrogen) atoms. The molecule has 0 amide bonds. The first kappa shape index (κ1) is 9.65. The van der Waals surface area contributed by atoms with E-state index in [-0.39, 0.29) is 0 Å². The number of hydrogen-bond acceptors (Lipinski definition) is 3. The van der Waals surface area contributed by atoms with Crippen LogP contribution in [0.4, 0.5) is 0 Å². The van der Waals surface area contributed by atoms with Crippen LogP contribution < -0.4 is 5.32 Å². The van der Waals surface area contributed by atoms with Crippen molar-refractivity contribution in [2.24, 2.45) is 0 Å². The Morgan fingerprint density at radius 3 is 2.79 bits per heavy atom. The number of rotatable bonds is 2. The van der Waals surface area contributed by atoms with Gasteiger partial charge in [0, 0.05) is 26.3 Å². The van der Waals surface area contributed by atoms with Gasteiger partial charge in [-0.1, -0.05) is 24.3 Å². The van der Waals surface area contributed by atoms with Gasteiger partial charge in [-0.05, 0) is 12.0 Å². The number of hydrogen-bond donors (Lipinski definition) is 1. The van der Waals surface area contributed by atoms with Gasteiger partial charge in [0.25, 0.3) is 5.91 Å². The molecule has 0 fully saturated rings. The molecule has 0 atom stereocenters. The second-order valence-corrected chi connectivity index (χ2v) is 3.32. The van der Waals surface area contributed by atoms with Crippen molar-refractivity contribution in [2.45, 2.75) is 12.3 Å². The maximum Gasteiger partial charge on any atom is 0.255 e. The van der Waals surface area contributed by atoms with Gasteiger partial charge in [0.15, 0.2) is 0 Å². The monoisotopic (exact) mass is 193 g/mol. The van der Waals surface area contributed by atoms with E-state index in [2.05, 4.69) is 29.6 Å². The molecule has 76 valence electrons. The quantitative estimate of drug-likeness (QED) is 0.671. The molecule has 0 saturated carbocycles. The number of fused-ring (bicyclic) bond motifs is 1. The minimum atomic E-state index is -0.755. The Hall–Kier alpha value is -0.900. The van der Waals surface area contributed by atoms with E-state index in [0.29, 0.717) is 0 Å². The number of allylic oxidation sites excluding steroid dienone is 3. The summed E-state index contributed by atoms with van der Waals surface area (Å²) in [5, 5.41) is 3.21. The van der Waals surface area contributed by atoms with Gasteiger partial charge < -0.3 is 9.47 Å². The number of nitrogens with one attached hydrogen (secondary N) is 1. The number of methoxy groups -OCH3 is 2. The van der Waals surface area contributed by atoms with Crippen LogP contribution in [0.2, 0.25) is 0 Å². The lowest BCUT2D eigenvalue weighted by atomic mass is 9.93. The van der Waals surface area contributed by atoms with Crippen molar-refractivity contribution in [1.82, 2.24) is 5.32 Å². The first-order valence-corrected chi connectivity index (χ1v) is 4.75. The maximum absolute atomic E-state index is 5.42. The average Bonchev–Trinajstić information content (AvgIpc) is 2.28. The third-order valence-electron chi connectivity index (χ3n) is 2.65. The summed E-state index contributed by atoms with van der Waals surface area (Å²) in [5.41, 5.74) is 2.27. The van der Waals surface area contributed by atoms with Gasteiger partial charge in [-0.25, -0.2) is 0 Å². The van der Waals surface area contributed by atoms with E-state index < -0.39 is 5.91 Å². The van der Waals surface area contributed by atoms with Crippen molar-refractivity contribution in [3.63, 3.8) is 0 Å². The van der Waals surface area contributed by atoms with Gasteiger partial charge in [0.2, 0.25) is 0 Å². The summed E-state index contributed by atoms with van der Waals surface area (Å²) in [5.74, 6) is -0.755. The molecular formula is C11H15NO2. The molecule has 1 heterocycles. The fourth-order valence-electron chi connectivity index (χ4n) is 1.93. The molecule has 3 heteroatoms. The highest BCUT2D eigenvalue weighted by molar-refractivity contribution is 5.48. The van der Waals surface area contributed by atoms with Gasteiger partial charge in [0.05, 0.1) is 0 Å². The molecule has 0 aromatic heterocycles. The molecule has 0 radical (unpaired) electrons. The molecule has 2 rings (SSSR count). The molecule has 0 aromatic rings. The Labute approximate surface area is 84.1 Å². The van der Waals surface area contributed by atoms with E-state index in [1.807, 2.05) is 0 Å². The molecule has 1 N–H and O–H groups in total. The Morgan fingerprint density at radius 2 is 2.07 bits per heavy atom. The van der Waals surface area contributed by atoms with Crippen LogP contribution in [0.5, 0.6) is 0 Å². The lowest BCUT2D eigenvalue weighted by Crippen LogP contribution is -2.53. The van der Waals surface area contributed by atoms with Gasteiger partial charge in [0.1, 0.15) is 0 Å². The van der Waals surface area contributed by atoms with E-state index >= 15 is 0 Å². The molecular weight excluding hydrogens is 178 g/mol. The zero-order valence-corrected chi connectivity index (χ0v) is 8.54. The zero-order chi connectivity index (χ0) is 10.0. The lowest BCUT2D eigenvalue weighted by Gasteiger charge is -2.38. The highest BCUT2D eigenvalue weighted by Crippen LogP contribution is 2.32. The summed E-state index contributed by atoms with van der Waals surface area (Å²) >= 11 is 0.